The van der Waals surface area contributed by atoms with Crippen molar-refractivity contribution in [2.75, 3.05) is 5.75 Å². The molecule has 0 atom stereocenters. The van der Waals surface area contributed by atoms with Crippen molar-refractivity contribution >= 4 is 17.7 Å². The Labute approximate surface area is 108 Å². The number of hydrogen-bond donors (Lipinski definition) is 0. The first kappa shape index (κ1) is 12.7. The van der Waals surface area contributed by atoms with Crippen molar-refractivity contribution in [3.63, 3.8) is 0 Å². The van der Waals surface area contributed by atoms with Gasteiger partial charge in [-0.05, 0) is 46.9 Å². The monoisotopic (exact) mass is 250 g/mol. The minimum atomic E-state index is 0.280. The summed E-state index contributed by atoms with van der Waals surface area (Å²) in [6, 6.07) is 6.50. The maximum atomic E-state index is 12.2. The van der Waals surface area contributed by atoms with Gasteiger partial charge in [-0.3, -0.25) is 0 Å². The molecule has 0 N–H and O–H groups in total. The zero-order valence-electron chi connectivity index (χ0n) is 10.6. The van der Waals surface area contributed by atoms with Gasteiger partial charge in [0.05, 0.1) is 5.75 Å². The molecule has 0 nitrogen and oxygen atoms in total. The van der Waals surface area contributed by atoms with E-state index in [1.807, 2.05) is 0 Å². The van der Waals surface area contributed by atoms with Crippen LogP contribution in [-0.2, 0) is 11.8 Å². The molecule has 2 heteroatoms. The molecule has 1 aliphatic rings. The van der Waals surface area contributed by atoms with E-state index < -0.39 is 0 Å². The van der Waals surface area contributed by atoms with Crippen molar-refractivity contribution in [3.8, 4) is 0 Å². The van der Waals surface area contributed by atoms with Crippen molar-refractivity contribution in [3.05, 3.63) is 41.5 Å². The quantitative estimate of drug-likeness (QED) is 0.733. The van der Waals surface area contributed by atoms with Crippen LogP contribution in [0.4, 0.5) is 3.89 Å². The van der Waals surface area contributed by atoms with Gasteiger partial charge in [0.1, 0.15) is 0 Å². The highest BCUT2D eigenvalue weighted by Crippen LogP contribution is 2.37. The molecule has 0 aliphatic heterocycles. The van der Waals surface area contributed by atoms with E-state index in [9.17, 15) is 3.89 Å². The van der Waals surface area contributed by atoms with Crippen LogP contribution in [0.5, 0.6) is 0 Å². The predicted octanol–water partition coefficient (Wildman–Crippen LogP) is 4.93. The molecule has 92 valence electrons. The predicted molar refractivity (Wildman–Crippen MR) is 75.0 cm³/mol. The topological polar surface area (TPSA) is 0 Å². The largest absolute Gasteiger partial charge is 0.165 e. The second kappa shape index (κ2) is 4.85. The van der Waals surface area contributed by atoms with Crippen LogP contribution >= 0.6 is 12.1 Å². The molecular formula is C15H19FS. The Kier molecular flexibility index (Phi) is 3.62. The third-order valence-electron chi connectivity index (χ3n) is 3.72. The molecule has 0 heterocycles. The van der Waals surface area contributed by atoms with Crippen molar-refractivity contribution in [1.82, 2.24) is 0 Å². The maximum Gasteiger partial charge on any atom is 0.0501 e. The Morgan fingerprint density at radius 1 is 1.47 bits per heavy atom. The van der Waals surface area contributed by atoms with Crippen LogP contribution < -0.4 is 0 Å². The van der Waals surface area contributed by atoms with Crippen LogP contribution in [-0.4, -0.2) is 5.75 Å². The first-order valence-corrected chi connectivity index (χ1v) is 6.98. The van der Waals surface area contributed by atoms with Crippen LogP contribution in [0, 0.1) is 0 Å². The van der Waals surface area contributed by atoms with E-state index in [1.54, 1.807) is 0 Å². The third kappa shape index (κ3) is 2.57. The van der Waals surface area contributed by atoms with Crippen molar-refractivity contribution < 1.29 is 3.89 Å². The number of benzene rings is 1. The molecule has 0 spiro atoms. The standard InChI is InChI=1S/C15H19FS/c1-11(10-17-16)12-6-7-14-13(9-12)5-4-8-15(14,2)3/h6-7,9H,1,4-5,8,10H2,2-3H3. The van der Waals surface area contributed by atoms with Gasteiger partial charge in [-0.25, -0.2) is 0 Å². The molecule has 0 radical (unpaired) electrons. The molecule has 0 saturated heterocycles. The van der Waals surface area contributed by atoms with Crippen LogP contribution in [0.2, 0.25) is 0 Å². The van der Waals surface area contributed by atoms with Crippen LogP contribution in [0.25, 0.3) is 5.57 Å². The lowest BCUT2D eigenvalue weighted by Gasteiger charge is -2.32. The second-order valence-corrected chi connectivity index (χ2v) is 5.97. The lowest BCUT2D eigenvalue weighted by molar-refractivity contribution is 0.432. The van der Waals surface area contributed by atoms with Crippen molar-refractivity contribution in [2.45, 2.75) is 38.5 Å². The van der Waals surface area contributed by atoms with Gasteiger partial charge in [-0.2, -0.15) is 3.89 Å². The second-order valence-electron chi connectivity index (χ2n) is 5.47. The van der Waals surface area contributed by atoms with E-state index in [0.717, 1.165) is 17.6 Å². The average molecular weight is 250 g/mol. The summed E-state index contributed by atoms with van der Waals surface area (Å²) < 4.78 is 12.2. The number of aryl methyl sites for hydroxylation is 1. The Hall–Kier alpha value is -0.760. The molecule has 0 amide bonds. The highest BCUT2D eigenvalue weighted by molar-refractivity contribution is 7.94. The molecule has 0 saturated carbocycles. The van der Waals surface area contributed by atoms with Crippen molar-refractivity contribution in [2.24, 2.45) is 0 Å². The molecule has 0 fully saturated rings. The summed E-state index contributed by atoms with van der Waals surface area (Å²) in [6.45, 7) is 8.54. The van der Waals surface area contributed by atoms with E-state index in [1.165, 1.54) is 24.0 Å². The maximum absolute atomic E-state index is 12.2. The Balaban J connectivity index is 2.34. The molecule has 0 aromatic heterocycles. The van der Waals surface area contributed by atoms with Crippen molar-refractivity contribution in [1.29, 1.82) is 0 Å². The SMILES string of the molecule is C=C(CSF)c1ccc2c(c1)CCCC2(C)C. The first-order valence-electron chi connectivity index (χ1n) is 6.10. The highest BCUT2D eigenvalue weighted by Gasteiger charge is 2.27. The van der Waals surface area contributed by atoms with E-state index >= 15 is 0 Å². The summed E-state index contributed by atoms with van der Waals surface area (Å²) in [5.41, 5.74) is 5.12. The van der Waals surface area contributed by atoms with Crippen LogP contribution in [0.1, 0.15) is 43.4 Å². The fourth-order valence-corrected chi connectivity index (χ4v) is 2.98. The number of fused-ring (bicyclic) bond motifs is 1. The molecule has 1 aromatic rings. The van der Waals surface area contributed by atoms with E-state index in [0.29, 0.717) is 17.9 Å². The number of rotatable bonds is 3. The summed E-state index contributed by atoms with van der Waals surface area (Å²) in [4.78, 5) is 0. The fraction of sp³-hybridized carbons (Fsp3) is 0.467. The van der Waals surface area contributed by atoms with Gasteiger partial charge in [-0.15, -0.1) is 0 Å². The smallest absolute Gasteiger partial charge is 0.0501 e. The summed E-state index contributed by atoms with van der Waals surface area (Å²) >= 11 is 0.342. The normalized spacial score (nSPS) is 17.6. The summed E-state index contributed by atoms with van der Waals surface area (Å²) in [6.07, 6.45) is 3.64. The zero-order chi connectivity index (χ0) is 12.5. The van der Waals surface area contributed by atoms with Crippen LogP contribution in [0.15, 0.2) is 24.8 Å². The first-order chi connectivity index (χ1) is 8.04. The summed E-state index contributed by atoms with van der Waals surface area (Å²) in [7, 11) is 0. The molecule has 2 rings (SSSR count). The van der Waals surface area contributed by atoms with E-state index in [4.69, 9.17) is 0 Å². The Morgan fingerprint density at radius 3 is 2.94 bits per heavy atom. The Bertz CT molecular complexity index is 435. The van der Waals surface area contributed by atoms with Gasteiger partial charge >= 0.3 is 0 Å². The van der Waals surface area contributed by atoms with Gasteiger partial charge in [0.2, 0.25) is 0 Å². The molecular weight excluding hydrogens is 231 g/mol. The number of hydrogen-bond acceptors (Lipinski definition) is 1. The average Bonchev–Trinajstić information content (AvgIpc) is 2.28. The lowest BCUT2D eigenvalue weighted by atomic mass is 9.72. The summed E-state index contributed by atoms with van der Waals surface area (Å²) in [5.74, 6) is 0.363. The van der Waals surface area contributed by atoms with Gasteiger partial charge in [-0.1, -0.05) is 38.6 Å². The van der Waals surface area contributed by atoms with Gasteiger partial charge in [0, 0.05) is 12.1 Å². The summed E-state index contributed by atoms with van der Waals surface area (Å²) in [5, 5.41) is 0. The van der Waals surface area contributed by atoms with Gasteiger partial charge in [0.25, 0.3) is 0 Å². The molecule has 1 aromatic carbocycles. The van der Waals surface area contributed by atoms with Gasteiger partial charge in [0.15, 0.2) is 0 Å². The van der Waals surface area contributed by atoms with Crippen LogP contribution in [0.3, 0.4) is 0 Å². The molecule has 0 bridgehead atoms. The minimum absolute atomic E-state index is 0.280. The zero-order valence-corrected chi connectivity index (χ0v) is 11.4. The third-order valence-corrected chi connectivity index (χ3v) is 4.18. The van der Waals surface area contributed by atoms with E-state index in [2.05, 4.69) is 38.6 Å². The lowest BCUT2D eigenvalue weighted by Crippen LogP contribution is -2.23. The van der Waals surface area contributed by atoms with Gasteiger partial charge < -0.3 is 0 Å². The fourth-order valence-electron chi connectivity index (χ4n) is 2.69. The highest BCUT2D eigenvalue weighted by atomic mass is 32.2. The molecule has 1 aliphatic carbocycles. The number of halogens is 1. The Morgan fingerprint density at radius 2 is 2.24 bits per heavy atom. The molecule has 0 unspecified atom stereocenters. The minimum Gasteiger partial charge on any atom is -0.165 e. The van der Waals surface area contributed by atoms with E-state index in [-0.39, 0.29) is 5.41 Å². The molecule has 17 heavy (non-hydrogen) atoms.